The minimum Gasteiger partial charge on any atom is -0.387 e. The van der Waals surface area contributed by atoms with Crippen molar-refractivity contribution in [3.8, 4) is 0 Å². The Kier molecular flexibility index (Phi) is 1.96. The minimum absolute atomic E-state index is 0.0774. The largest absolute Gasteiger partial charge is 0.387 e. The fourth-order valence-electron chi connectivity index (χ4n) is 2.07. The van der Waals surface area contributed by atoms with Crippen LogP contribution < -0.4 is 0 Å². The molecule has 80 valence electrons. The molecule has 6 heteroatoms. The third-order valence-corrected chi connectivity index (χ3v) is 4.37. The van der Waals surface area contributed by atoms with Gasteiger partial charge in [-0.05, 0) is 6.42 Å². The van der Waals surface area contributed by atoms with E-state index in [2.05, 4.69) is 0 Å². The maximum Gasteiger partial charge on any atom is 0.302 e. The van der Waals surface area contributed by atoms with Gasteiger partial charge in [-0.3, -0.25) is 0 Å². The fourth-order valence-corrected chi connectivity index (χ4v) is 2.87. The van der Waals surface area contributed by atoms with Gasteiger partial charge in [0.1, 0.15) is 4.87 Å². The van der Waals surface area contributed by atoms with Crippen LogP contribution >= 0.6 is 23.2 Å². The van der Waals surface area contributed by atoms with Gasteiger partial charge in [0.05, 0.1) is 12.0 Å². The highest BCUT2D eigenvalue weighted by Gasteiger charge is 2.86. The molecule has 1 nitrogen and oxygen atoms in total. The average Bonchev–Trinajstić information content (AvgIpc) is 2.08. The molecule has 2 aliphatic carbocycles. The zero-order valence-corrected chi connectivity index (χ0v) is 8.37. The Balaban J connectivity index is 2.46. The van der Waals surface area contributed by atoms with Crippen LogP contribution in [0.15, 0.2) is 12.2 Å². The standard InChI is InChI=1S/C8H7Cl2F3O/c9-6-4(2-1-3-5(6)14)7(11,12)8(6,10)13/h1,3-5,14H,2H2/t4-,5+,6+,8+/m1/s1. The van der Waals surface area contributed by atoms with Crippen LogP contribution in [0, 0.1) is 5.92 Å². The van der Waals surface area contributed by atoms with Gasteiger partial charge in [0.2, 0.25) is 0 Å². The zero-order valence-electron chi connectivity index (χ0n) is 6.85. The number of hydrogen-bond donors (Lipinski definition) is 1. The molecule has 0 aromatic heterocycles. The van der Waals surface area contributed by atoms with E-state index in [9.17, 15) is 18.3 Å². The van der Waals surface area contributed by atoms with E-state index < -0.39 is 27.9 Å². The number of allylic oxidation sites excluding steroid dienone is 1. The lowest BCUT2D eigenvalue weighted by Crippen LogP contribution is -2.79. The molecular formula is C8H7Cl2F3O. The summed E-state index contributed by atoms with van der Waals surface area (Å²) in [7, 11) is 0. The van der Waals surface area contributed by atoms with Gasteiger partial charge in [-0.1, -0.05) is 23.8 Å². The molecular weight excluding hydrogens is 240 g/mol. The number of fused-ring (bicyclic) bond motifs is 1. The third kappa shape index (κ3) is 0.836. The molecule has 0 unspecified atom stereocenters. The summed E-state index contributed by atoms with van der Waals surface area (Å²) in [4.78, 5) is -2.10. The maximum absolute atomic E-state index is 13.4. The van der Waals surface area contributed by atoms with Crippen LogP contribution in [0.4, 0.5) is 13.2 Å². The quantitative estimate of drug-likeness (QED) is 0.515. The lowest BCUT2D eigenvalue weighted by atomic mass is 9.60. The Labute approximate surface area is 88.5 Å². The normalized spacial score (nSPS) is 55.0. The van der Waals surface area contributed by atoms with Crippen LogP contribution in [0.1, 0.15) is 6.42 Å². The second-order valence-corrected chi connectivity index (χ2v) is 4.77. The van der Waals surface area contributed by atoms with Gasteiger partial charge in [-0.25, -0.2) is 13.2 Å². The highest BCUT2D eigenvalue weighted by molar-refractivity contribution is 6.37. The van der Waals surface area contributed by atoms with Crippen molar-refractivity contribution < 1.29 is 18.3 Å². The third-order valence-electron chi connectivity index (χ3n) is 2.97. The van der Waals surface area contributed by atoms with Crippen LogP contribution in [-0.2, 0) is 0 Å². The predicted molar refractivity (Wildman–Crippen MR) is 46.5 cm³/mol. The molecule has 2 rings (SSSR count). The summed E-state index contributed by atoms with van der Waals surface area (Å²) in [6, 6.07) is 0. The van der Waals surface area contributed by atoms with Crippen molar-refractivity contribution >= 4 is 23.2 Å². The molecule has 0 amide bonds. The Hall–Kier alpha value is 0.0700. The van der Waals surface area contributed by atoms with E-state index in [1.165, 1.54) is 12.2 Å². The van der Waals surface area contributed by atoms with Crippen molar-refractivity contribution in [3.63, 3.8) is 0 Å². The number of rotatable bonds is 0. The fraction of sp³-hybridized carbons (Fsp3) is 0.750. The summed E-state index contributed by atoms with van der Waals surface area (Å²) >= 11 is 10.7. The van der Waals surface area contributed by atoms with E-state index in [-0.39, 0.29) is 6.42 Å². The van der Waals surface area contributed by atoms with E-state index in [4.69, 9.17) is 23.2 Å². The van der Waals surface area contributed by atoms with E-state index in [1.807, 2.05) is 0 Å². The second kappa shape index (κ2) is 2.60. The van der Waals surface area contributed by atoms with Crippen LogP contribution in [-0.4, -0.2) is 27.1 Å². The Morgan fingerprint density at radius 2 is 1.86 bits per heavy atom. The number of halogens is 5. The molecule has 0 spiro atoms. The molecule has 0 radical (unpaired) electrons. The molecule has 4 atom stereocenters. The molecule has 2 aliphatic rings. The maximum atomic E-state index is 13.4. The molecule has 14 heavy (non-hydrogen) atoms. The first-order valence-electron chi connectivity index (χ1n) is 4.05. The molecule has 0 aromatic carbocycles. The van der Waals surface area contributed by atoms with Crippen molar-refractivity contribution in [1.29, 1.82) is 0 Å². The van der Waals surface area contributed by atoms with Crippen LogP contribution in [0.2, 0.25) is 0 Å². The highest BCUT2D eigenvalue weighted by atomic mass is 35.5. The van der Waals surface area contributed by atoms with Crippen LogP contribution in [0.25, 0.3) is 0 Å². The number of aliphatic hydroxyl groups is 1. The van der Waals surface area contributed by atoms with Crippen LogP contribution in [0.5, 0.6) is 0 Å². The smallest absolute Gasteiger partial charge is 0.302 e. The van der Waals surface area contributed by atoms with Crippen molar-refractivity contribution in [2.24, 2.45) is 5.92 Å². The summed E-state index contributed by atoms with van der Waals surface area (Å²) in [5.41, 5.74) is 0. The number of hydrogen-bond acceptors (Lipinski definition) is 1. The van der Waals surface area contributed by atoms with E-state index in [0.29, 0.717) is 0 Å². The van der Waals surface area contributed by atoms with Gasteiger partial charge in [-0.2, -0.15) is 0 Å². The van der Waals surface area contributed by atoms with Crippen molar-refractivity contribution in [2.75, 3.05) is 0 Å². The first-order valence-corrected chi connectivity index (χ1v) is 4.81. The van der Waals surface area contributed by atoms with Crippen LogP contribution in [0.3, 0.4) is 0 Å². The Bertz CT molecular complexity index is 305. The van der Waals surface area contributed by atoms with Gasteiger partial charge in [0.15, 0.2) is 0 Å². The first kappa shape index (κ1) is 10.6. The predicted octanol–water partition coefficient (Wildman–Crippen LogP) is 2.45. The minimum atomic E-state index is -3.69. The number of aliphatic hydroxyl groups excluding tert-OH is 1. The van der Waals surface area contributed by atoms with Gasteiger partial charge in [0.25, 0.3) is 5.13 Å². The van der Waals surface area contributed by atoms with Crippen molar-refractivity contribution in [1.82, 2.24) is 0 Å². The van der Waals surface area contributed by atoms with Gasteiger partial charge in [0, 0.05) is 0 Å². The Morgan fingerprint density at radius 3 is 2.36 bits per heavy atom. The molecule has 0 aromatic rings. The Morgan fingerprint density at radius 1 is 1.29 bits per heavy atom. The van der Waals surface area contributed by atoms with E-state index in [1.54, 1.807) is 0 Å². The molecule has 0 heterocycles. The molecule has 1 saturated carbocycles. The summed E-state index contributed by atoms with van der Waals surface area (Å²) in [5.74, 6) is -5.14. The molecule has 0 saturated heterocycles. The summed E-state index contributed by atoms with van der Waals surface area (Å²) in [5, 5.41) is 5.97. The SMILES string of the molecule is O[C@H]1C=CC[C@H]2C(F)(F)[C@](F)(Cl)[C@@]12Cl. The van der Waals surface area contributed by atoms with E-state index in [0.717, 1.165) is 0 Å². The van der Waals surface area contributed by atoms with Gasteiger partial charge < -0.3 is 5.11 Å². The summed E-state index contributed by atoms with van der Waals surface area (Å²) < 4.78 is 39.7. The topological polar surface area (TPSA) is 20.2 Å². The van der Waals surface area contributed by atoms with E-state index >= 15 is 0 Å². The number of alkyl halides is 5. The molecule has 0 aliphatic heterocycles. The van der Waals surface area contributed by atoms with Gasteiger partial charge >= 0.3 is 5.92 Å². The monoisotopic (exact) mass is 246 g/mol. The molecule has 1 fully saturated rings. The van der Waals surface area contributed by atoms with Gasteiger partial charge in [-0.15, -0.1) is 11.6 Å². The summed E-state index contributed by atoms with van der Waals surface area (Å²) in [6.45, 7) is 0. The first-order chi connectivity index (χ1) is 6.26. The highest BCUT2D eigenvalue weighted by Crippen LogP contribution is 2.69. The molecule has 1 N–H and O–H groups in total. The summed E-state index contributed by atoms with van der Waals surface area (Å²) in [6.07, 6.45) is 0.988. The zero-order chi connectivity index (χ0) is 10.8. The average molecular weight is 247 g/mol. The van der Waals surface area contributed by atoms with Crippen molar-refractivity contribution in [3.05, 3.63) is 12.2 Å². The second-order valence-electron chi connectivity index (χ2n) is 3.63. The lowest BCUT2D eigenvalue weighted by Gasteiger charge is -2.60. The molecule has 0 bridgehead atoms. The van der Waals surface area contributed by atoms with Crippen molar-refractivity contribution in [2.45, 2.75) is 28.4 Å². The lowest BCUT2D eigenvalue weighted by molar-refractivity contribution is -0.261.